The number of aromatic nitrogens is 2. The fourth-order valence-corrected chi connectivity index (χ4v) is 1.96. The monoisotopic (exact) mass is 259 g/mol. The fraction of sp³-hybridized carbons (Fsp3) is 0.308. The molecule has 0 saturated heterocycles. The number of benzene rings is 1. The predicted molar refractivity (Wildman–Crippen MR) is 75.6 cm³/mol. The van der Waals surface area contributed by atoms with Gasteiger partial charge in [0.15, 0.2) is 0 Å². The summed E-state index contributed by atoms with van der Waals surface area (Å²) in [4.78, 5) is 21.5. The number of primary amides is 1. The van der Waals surface area contributed by atoms with E-state index >= 15 is 0 Å². The van der Waals surface area contributed by atoms with Gasteiger partial charge in [-0.05, 0) is 32.0 Å². The van der Waals surface area contributed by atoms with Crippen molar-refractivity contribution in [1.29, 1.82) is 0 Å². The number of amides is 1. The Labute approximate surface area is 111 Å². The van der Waals surface area contributed by atoms with Crippen LogP contribution in [0.2, 0.25) is 0 Å². The van der Waals surface area contributed by atoms with E-state index in [1.807, 2.05) is 24.8 Å². The first-order valence-corrected chi connectivity index (χ1v) is 6.04. The predicted octanol–water partition coefficient (Wildman–Crippen LogP) is 0.912. The molecule has 6 nitrogen and oxygen atoms in total. The highest BCUT2D eigenvalue weighted by Crippen LogP contribution is 2.25. The molecule has 0 radical (unpaired) electrons. The third-order valence-corrected chi connectivity index (χ3v) is 2.86. The van der Waals surface area contributed by atoms with Gasteiger partial charge < -0.3 is 16.4 Å². The van der Waals surface area contributed by atoms with Gasteiger partial charge in [0, 0.05) is 17.1 Å². The number of rotatable bonds is 4. The summed E-state index contributed by atoms with van der Waals surface area (Å²) >= 11 is 0. The Bertz CT molecular complexity index is 611. The second-order valence-electron chi connectivity index (χ2n) is 4.66. The number of nitrogens with zero attached hydrogens (tertiary/aromatic N) is 3. The SMILES string of the molecule is CC(C)N(CC(N)=O)c1ncnc2cc(N)ccc12. The molecule has 1 amide bonds. The zero-order chi connectivity index (χ0) is 14.0. The van der Waals surface area contributed by atoms with Crippen LogP contribution in [-0.4, -0.2) is 28.5 Å². The summed E-state index contributed by atoms with van der Waals surface area (Å²) in [5.74, 6) is 0.301. The summed E-state index contributed by atoms with van der Waals surface area (Å²) in [6.45, 7) is 4.08. The minimum atomic E-state index is -0.393. The first kappa shape index (κ1) is 13.1. The van der Waals surface area contributed by atoms with E-state index in [2.05, 4.69) is 9.97 Å². The van der Waals surface area contributed by atoms with Gasteiger partial charge in [-0.3, -0.25) is 4.79 Å². The zero-order valence-corrected chi connectivity index (χ0v) is 11.0. The Morgan fingerprint density at radius 2 is 2.11 bits per heavy atom. The molecule has 6 heteroatoms. The first-order chi connectivity index (χ1) is 8.99. The lowest BCUT2D eigenvalue weighted by molar-refractivity contribution is -0.116. The van der Waals surface area contributed by atoms with Crippen molar-refractivity contribution in [3.63, 3.8) is 0 Å². The number of nitrogens with two attached hydrogens (primary N) is 2. The molecule has 2 rings (SSSR count). The third-order valence-electron chi connectivity index (χ3n) is 2.86. The van der Waals surface area contributed by atoms with Crippen molar-refractivity contribution < 1.29 is 4.79 Å². The molecule has 0 saturated carbocycles. The molecule has 0 fully saturated rings. The fourth-order valence-electron chi connectivity index (χ4n) is 1.96. The molecule has 0 spiro atoms. The van der Waals surface area contributed by atoms with Crippen LogP contribution in [0, 0.1) is 0 Å². The van der Waals surface area contributed by atoms with Gasteiger partial charge in [-0.25, -0.2) is 9.97 Å². The number of anilines is 2. The maximum atomic E-state index is 11.2. The maximum absolute atomic E-state index is 11.2. The van der Waals surface area contributed by atoms with E-state index in [1.54, 1.807) is 12.1 Å². The zero-order valence-electron chi connectivity index (χ0n) is 11.0. The van der Waals surface area contributed by atoms with Crippen LogP contribution in [0.3, 0.4) is 0 Å². The van der Waals surface area contributed by atoms with Crippen LogP contribution in [0.5, 0.6) is 0 Å². The average Bonchev–Trinajstić information content (AvgIpc) is 2.34. The van der Waals surface area contributed by atoms with Gasteiger partial charge in [0.2, 0.25) is 5.91 Å². The van der Waals surface area contributed by atoms with E-state index in [-0.39, 0.29) is 12.6 Å². The summed E-state index contributed by atoms with van der Waals surface area (Å²) in [7, 11) is 0. The molecule has 1 aromatic carbocycles. The molecule has 0 bridgehead atoms. The van der Waals surface area contributed by atoms with Crippen LogP contribution in [0.4, 0.5) is 11.5 Å². The van der Waals surface area contributed by atoms with Gasteiger partial charge >= 0.3 is 0 Å². The molecule has 100 valence electrons. The Balaban J connectivity index is 2.56. The lowest BCUT2D eigenvalue weighted by Gasteiger charge is -2.27. The minimum Gasteiger partial charge on any atom is -0.399 e. The highest BCUT2D eigenvalue weighted by atomic mass is 16.1. The van der Waals surface area contributed by atoms with Crippen LogP contribution >= 0.6 is 0 Å². The summed E-state index contributed by atoms with van der Waals surface area (Å²) in [5.41, 5.74) is 12.4. The maximum Gasteiger partial charge on any atom is 0.237 e. The number of hydrogen-bond acceptors (Lipinski definition) is 5. The third kappa shape index (κ3) is 2.73. The molecule has 0 aliphatic rings. The van der Waals surface area contributed by atoms with E-state index in [0.29, 0.717) is 11.5 Å². The van der Waals surface area contributed by atoms with Crippen molar-refractivity contribution in [2.75, 3.05) is 17.2 Å². The van der Waals surface area contributed by atoms with Gasteiger partial charge in [-0.15, -0.1) is 0 Å². The number of hydrogen-bond donors (Lipinski definition) is 2. The largest absolute Gasteiger partial charge is 0.399 e. The molecule has 19 heavy (non-hydrogen) atoms. The molecular weight excluding hydrogens is 242 g/mol. The second-order valence-corrected chi connectivity index (χ2v) is 4.66. The summed E-state index contributed by atoms with van der Waals surface area (Å²) in [6, 6.07) is 5.53. The molecule has 0 unspecified atom stereocenters. The van der Waals surface area contributed by atoms with Gasteiger partial charge in [-0.2, -0.15) is 0 Å². The number of fused-ring (bicyclic) bond motifs is 1. The number of carbonyl (C=O) groups is 1. The van der Waals surface area contributed by atoms with Crippen LogP contribution < -0.4 is 16.4 Å². The quantitative estimate of drug-likeness (QED) is 0.795. The lowest BCUT2D eigenvalue weighted by Crippen LogP contribution is -2.39. The standard InChI is InChI=1S/C13H17N5O/c1-8(2)18(6-12(15)19)13-10-4-3-9(14)5-11(10)16-7-17-13/h3-5,7-8H,6,14H2,1-2H3,(H2,15,19). The molecule has 0 aliphatic carbocycles. The number of nitrogen functional groups attached to an aromatic ring is 1. The Morgan fingerprint density at radius 3 is 2.74 bits per heavy atom. The number of carbonyl (C=O) groups excluding carboxylic acids is 1. The van der Waals surface area contributed by atoms with Crippen LogP contribution in [0.25, 0.3) is 10.9 Å². The molecule has 1 aromatic heterocycles. The highest BCUT2D eigenvalue weighted by molar-refractivity contribution is 5.92. The molecular formula is C13H17N5O. The van der Waals surface area contributed by atoms with Gasteiger partial charge in [0.05, 0.1) is 12.1 Å². The molecule has 0 atom stereocenters. The Morgan fingerprint density at radius 1 is 1.37 bits per heavy atom. The summed E-state index contributed by atoms with van der Waals surface area (Å²) in [6.07, 6.45) is 1.47. The van der Waals surface area contributed by atoms with Crippen molar-refractivity contribution in [3.8, 4) is 0 Å². The summed E-state index contributed by atoms with van der Waals surface area (Å²) < 4.78 is 0. The van der Waals surface area contributed by atoms with Crippen molar-refractivity contribution in [2.24, 2.45) is 5.73 Å². The van der Waals surface area contributed by atoms with Crippen LogP contribution in [0.1, 0.15) is 13.8 Å². The van der Waals surface area contributed by atoms with Gasteiger partial charge in [0.25, 0.3) is 0 Å². The van der Waals surface area contributed by atoms with E-state index in [0.717, 1.165) is 10.9 Å². The average molecular weight is 259 g/mol. The van der Waals surface area contributed by atoms with Crippen molar-refractivity contribution >= 4 is 28.3 Å². The second kappa shape index (κ2) is 5.09. The van der Waals surface area contributed by atoms with Crippen molar-refractivity contribution in [1.82, 2.24) is 9.97 Å². The minimum absolute atomic E-state index is 0.100. The molecule has 1 heterocycles. The smallest absolute Gasteiger partial charge is 0.237 e. The van der Waals surface area contributed by atoms with E-state index in [9.17, 15) is 4.79 Å². The topological polar surface area (TPSA) is 98.1 Å². The lowest BCUT2D eigenvalue weighted by atomic mass is 10.2. The summed E-state index contributed by atoms with van der Waals surface area (Å²) in [5, 5.41) is 0.853. The highest BCUT2D eigenvalue weighted by Gasteiger charge is 2.17. The molecule has 2 aromatic rings. The Hall–Kier alpha value is -2.37. The van der Waals surface area contributed by atoms with Gasteiger partial charge in [0.1, 0.15) is 12.1 Å². The van der Waals surface area contributed by atoms with Crippen LogP contribution in [0.15, 0.2) is 24.5 Å². The van der Waals surface area contributed by atoms with E-state index in [4.69, 9.17) is 11.5 Å². The van der Waals surface area contributed by atoms with E-state index in [1.165, 1.54) is 6.33 Å². The van der Waals surface area contributed by atoms with E-state index < -0.39 is 5.91 Å². The first-order valence-electron chi connectivity index (χ1n) is 6.04. The van der Waals surface area contributed by atoms with Crippen molar-refractivity contribution in [3.05, 3.63) is 24.5 Å². The molecule has 4 N–H and O–H groups in total. The van der Waals surface area contributed by atoms with Crippen LogP contribution in [-0.2, 0) is 4.79 Å². The normalized spacial score (nSPS) is 10.9. The van der Waals surface area contributed by atoms with Gasteiger partial charge in [-0.1, -0.05) is 0 Å². The molecule has 0 aliphatic heterocycles. The Kier molecular flexibility index (Phi) is 3.50. The van der Waals surface area contributed by atoms with Crippen molar-refractivity contribution in [2.45, 2.75) is 19.9 Å².